The van der Waals surface area contributed by atoms with E-state index >= 15 is 0 Å². The molecule has 20 heavy (non-hydrogen) atoms. The minimum absolute atomic E-state index is 0.244. The first-order chi connectivity index (χ1) is 9.65. The van der Waals surface area contributed by atoms with Gasteiger partial charge in [-0.05, 0) is 31.9 Å². The van der Waals surface area contributed by atoms with E-state index in [1.807, 2.05) is 6.07 Å². The molecule has 1 aromatic heterocycles. The maximum absolute atomic E-state index is 9.08. The second-order valence-electron chi connectivity index (χ2n) is 5.38. The van der Waals surface area contributed by atoms with Crippen LogP contribution in [0.5, 0.6) is 0 Å². The van der Waals surface area contributed by atoms with Crippen molar-refractivity contribution in [2.75, 3.05) is 6.61 Å². The molecule has 2 aromatic rings. The molecule has 3 atom stereocenters. The Balaban J connectivity index is 2.07. The lowest BCUT2D eigenvalue weighted by molar-refractivity contribution is 0.253. The molecule has 1 aromatic carbocycles. The van der Waals surface area contributed by atoms with E-state index in [-0.39, 0.29) is 6.61 Å². The van der Waals surface area contributed by atoms with Crippen LogP contribution in [0.4, 0.5) is 0 Å². The summed E-state index contributed by atoms with van der Waals surface area (Å²) in [7, 11) is 0. The fourth-order valence-electron chi connectivity index (χ4n) is 2.38. The highest BCUT2D eigenvalue weighted by Crippen LogP contribution is 2.29. The zero-order valence-corrected chi connectivity index (χ0v) is 13.3. The highest BCUT2D eigenvalue weighted by Gasteiger charge is 2.20. The SMILES string of the molecule is CCC(CCO)NC(C)C(C)c1nc2ccccc2s1. The van der Waals surface area contributed by atoms with Gasteiger partial charge in [0.2, 0.25) is 0 Å². The smallest absolute Gasteiger partial charge is 0.0982 e. The third-order valence-electron chi connectivity index (χ3n) is 3.92. The van der Waals surface area contributed by atoms with E-state index in [1.165, 1.54) is 9.71 Å². The Labute approximate surface area is 125 Å². The Morgan fingerprint density at radius 1 is 1.30 bits per heavy atom. The molecule has 0 amide bonds. The third kappa shape index (κ3) is 3.57. The summed E-state index contributed by atoms with van der Waals surface area (Å²) in [6.07, 6.45) is 1.85. The Bertz CT molecular complexity index is 507. The molecule has 0 aliphatic heterocycles. The first kappa shape index (κ1) is 15.4. The van der Waals surface area contributed by atoms with Gasteiger partial charge in [-0.15, -0.1) is 11.3 Å². The summed E-state index contributed by atoms with van der Waals surface area (Å²) in [4.78, 5) is 4.74. The molecule has 0 saturated carbocycles. The van der Waals surface area contributed by atoms with Crippen molar-refractivity contribution in [3.63, 3.8) is 0 Å². The number of benzene rings is 1. The summed E-state index contributed by atoms with van der Waals surface area (Å²) >= 11 is 1.78. The summed E-state index contributed by atoms with van der Waals surface area (Å²) in [5.74, 6) is 0.375. The molecule has 0 bridgehead atoms. The zero-order valence-electron chi connectivity index (χ0n) is 12.5. The van der Waals surface area contributed by atoms with Gasteiger partial charge in [-0.3, -0.25) is 0 Å². The monoisotopic (exact) mass is 292 g/mol. The van der Waals surface area contributed by atoms with Crippen LogP contribution in [0.25, 0.3) is 10.2 Å². The fraction of sp³-hybridized carbons (Fsp3) is 0.562. The lowest BCUT2D eigenvalue weighted by Crippen LogP contribution is -2.39. The molecule has 3 unspecified atom stereocenters. The molecular formula is C16H24N2OS. The highest BCUT2D eigenvalue weighted by molar-refractivity contribution is 7.18. The number of nitrogens with zero attached hydrogens (tertiary/aromatic N) is 1. The second-order valence-corrected chi connectivity index (χ2v) is 6.44. The molecule has 2 N–H and O–H groups in total. The van der Waals surface area contributed by atoms with Crippen molar-refractivity contribution in [2.24, 2.45) is 0 Å². The number of aromatic nitrogens is 1. The number of rotatable bonds is 7. The zero-order chi connectivity index (χ0) is 14.5. The summed E-state index contributed by atoms with van der Waals surface area (Å²) in [6.45, 7) is 6.83. The minimum Gasteiger partial charge on any atom is -0.396 e. The lowest BCUT2D eigenvalue weighted by atomic mass is 10.0. The number of fused-ring (bicyclic) bond motifs is 1. The van der Waals surface area contributed by atoms with Gasteiger partial charge in [0.25, 0.3) is 0 Å². The molecular weight excluding hydrogens is 268 g/mol. The van der Waals surface area contributed by atoms with Gasteiger partial charge < -0.3 is 10.4 Å². The van der Waals surface area contributed by atoms with Crippen molar-refractivity contribution in [1.29, 1.82) is 0 Å². The van der Waals surface area contributed by atoms with Crippen molar-refractivity contribution in [3.8, 4) is 0 Å². The molecule has 0 spiro atoms. The summed E-state index contributed by atoms with van der Waals surface area (Å²) in [6, 6.07) is 9.03. The first-order valence-electron chi connectivity index (χ1n) is 7.38. The number of para-hydroxylation sites is 1. The minimum atomic E-state index is 0.244. The van der Waals surface area contributed by atoms with Crippen LogP contribution in [0.2, 0.25) is 0 Å². The highest BCUT2D eigenvalue weighted by atomic mass is 32.1. The van der Waals surface area contributed by atoms with E-state index in [2.05, 4.69) is 44.3 Å². The van der Waals surface area contributed by atoms with Gasteiger partial charge in [0, 0.05) is 24.6 Å². The van der Waals surface area contributed by atoms with Crippen molar-refractivity contribution in [1.82, 2.24) is 10.3 Å². The molecule has 3 nitrogen and oxygen atoms in total. The van der Waals surface area contributed by atoms with Crippen LogP contribution in [0, 0.1) is 0 Å². The Hall–Kier alpha value is -0.970. The van der Waals surface area contributed by atoms with Gasteiger partial charge in [0.1, 0.15) is 0 Å². The van der Waals surface area contributed by atoms with Crippen LogP contribution in [-0.4, -0.2) is 28.8 Å². The van der Waals surface area contributed by atoms with Crippen LogP contribution in [-0.2, 0) is 0 Å². The molecule has 0 aliphatic carbocycles. The van der Waals surface area contributed by atoms with Crippen LogP contribution < -0.4 is 5.32 Å². The standard InChI is InChI=1S/C16H24N2OS/c1-4-13(9-10-19)17-12(3)11(2)16-18-14-7-5-6-8-15(14)20-16/h5-8,11-13,17,19H,4,9-10H2,1-3H3. The number of thiazole rings is 1. The van der Waals surface area contributed by atoms with Gasteiger partial charge in [-0.2, -0.15) is 0 Å². The van der Waals surface area contributed by atoms with Crippen LogP contribution in [0.15, 0.2) is 24.3 Å². The Kier molecular flexibility index (Phi) is 5.52. The summed E-state index contributed by atoms with van der Waals surface area (Å²) in [5.41, 5.74) is 1.09. The molecule has 0 radical (unpaired) electrons. The van der Waals surface area contributed by atoms with E-state index in [9.17, 15) is 0 Å². The van der Waals surface area contributed by atoms with Gasteiger partial charge in [-0.1, -0.05) is 26.0 Å². The van der Waals surface area contributed by atoms with E-state index < -0.39 is 0 Å². The number of hydrogen-bond acceptors (Lipinski definition) is 4. The van der Waals surface area contributed by atoms with Gasteiger partial charge in [0.15, 0.2) is 0 Å². The molecule has 110 valence electrons. The van der Waals surface area contributed by atoms with Crippen LogP contribution in [0.1, 0.15) is 44.5 Å². The number of aliphatic hydroxyl groups excluding tert-OH is 1. The largest absolute Gasteiger partial charge is 0.396 e. The first-order valence-corrected chi connectivity index (χ1v) is 8.19. The predicted molar refractivity (Wildman–Crippen MR) is 86.4 cm³/mol. The molecule has 4 heteroatoms. The third-order valence-corrected chi connectivity index (χ3v) is 5.16. The number of hydrogen-bond donors (Lipinski definition) is 2. The number of nitrogens with one attached hydrogen (secondary N) is 1. The van der Waals surface area contributed by atoms with E-state index in [0.29, 0.717) is 18.0 Å². The van der Waals surface area contributed by atoms with E-state index in [4.69, 9.17) is 10.1 Å². The maximum Gasteiger partial charge on any atom is 0.0982 e. The van der Waals surface area contributed by atoms with Crippen molar-refractivity contribution < 1.29 is 5.11 Å². The van der Waals surface area contributed by atoms with E-state index in [1.54, 1.807) is 11.3 Å². The quantitative estimate of drug-likeness (QED) is 0.820. The molecule has 0 fully saturated rings. The molecule has 1 heterocycles. The summed E-state index contributed by atoms with van der Waals surface area (Å²) < 4.78 is 1.25. The Morgan fingerprint density at radius 3 is 2.70 bits per heavy atom. The summed E-state index contributed by atoms with van der Waals surface area (Å²) in [5, 5.41) is 13.9. The second kappa shape index (κ2) is 7.16. The average molecular weight is 292 g/mol. The van der Waals surface area contributed by atoms with Crippen molar-refractivity contribution in [3.05, 3.63) is 29.3 Å². The lowest BCUT2D eigenvalue weighted by Gasteiger charge is -2.25. The topological polar surface area (TPSA) is 45.1 Å². The predicted octanol–water partition coefficient (Wildman–Crippen LogP) is 3.54. The van der Waals surface area contributed by atoms with Crippen molar-refractivity contribution in [2.45, 2.75) is 51.6 Å². The number of aliphatic hydroxyl groups is 1. The van der Waals surface area contributed by atoms with Crippen molar-refractivity contribution >= 4 is 21.6 Å². The van der Waals surface area contributed by atoms with Gasteiger partial charge in [0.05, 0.1) is 15.2 Å². The fourth-order valence-corrected chi connectivity index (χ4v) is 3.50. The normalized spacial score (nSPS) is 16.2. The average Bonchev–Trinajstić information content (AvgIpc) is 2.89. The van der Waals surface area contributed by atoms with E-state index in [0.717, 1.165) is 18.4 Å². The molecule has 0 aliphatic rings. The van der Waals surface area contributed by atoms with Crippen LogP contribution in [0.3, 0.4) is 0 Å². The van der Waals surface area contributed by atoms with Crippen LogP contribution >= 0.6 is 11.3 Å². The molecule has 0 saturated heterocycles. The van der Waals surface area contributed by atoms with Gasteiger partial charge >= 0.3 is 0 Å². The molecule has 2 rings (SSSR count). The van der Waals surface area contributed by atoms with Gasteiger partial charge in [-0.25, -0.2) is 4.98 Å². The Morgan fingerprint density at radius 2 is 2.05 bits per heavy atom. The maximum atomic E-state index is 9.08.